The van der Waals surface area contributed by atoms with Crippen LogP contribution in [0.1, 0.15) is 26.3 Å². The molecule has 0 fully saturated rings. The number of hydrogen-bond donors (Lipinski definition) is 1. The summed E-state index contributed by atoms with van der Waals surface area (Å²) in [5, 5.41) is 2.68. The summed E-state index contributed by atoms with van der Waals surface area (Å²) in [7, 11) is 3.16. The lowest BCUT2D eigenvalue weighted by atomic mass is 10.1. The Bertz CT molecular complexity index is 803. The van der Waals surface area contributed by atoms with Crippen LogP contribution in [-0.4, -0.2) is 30.8 Å². The van der Waals surface area contributed by atoms with Crippen LogP contribution >= 0.6 is 11.6 Å². The molecule has 0 bridgehead atoms. The van der Waals surface area contributed by atoms with Gasteiger partial charge in [-0.2, -0.15) is 13.2 Å². The Morgan fingerprint density at radius 1 is 1.04 bits per heavy atom. The molecule has 0 unspecified atom stereocenters. The molecule has 2 rings (SSSR count). The van der Waals surface area contributed by atoms with Gasteiger partial charge in [-0.05, 0) is 42.5 Å². The maximum Gasteiger partial charge on any atom is 0.416 e. The van der Waals surface area contributed by atoms with Gasteiger partial charge in [0.1, 0.15) is 0 Å². The number of anilines is 1. The second-order valence-corrected chi connectivity index (χ2v) is 5.83. The molecule has 25 heavy (non-hydrogen) atoms. The number of rotatable bonds is 3. The second kappa shape index (κ2) is 7.14. The highest BCUT2D eigenvalue weighted by Gasteiger charge is 2.30. The molecule has 0 aliphatic carbocycles. The van der Waals surface area contributed by atoms with Crippen molar-refractivity contribution in [3.8, 4) is 0 Å². The first-order valence-corrected chi connectivity index (χ1v) is 7.47. The Morgan fingerprint density at radius 3 is 2.12 bits per heavy atom. The van der Waals surface area contributed by atoms with Gasteiger partial charge < -0.3 is 10.2 Å². The van der Waals surface area contributed by atoms with E-state index in [0.29, 0.717) is 5.69 Å². The molecule has 0 heterocycles. The monoisotopic (exact) mass is 370 g/mol. The lowest BCUT2D eigenvalue weighted by Crippen LogP contribution is -2.22. The molecule has 8 heteroatoms. The van der Waals surface area contributed by atoms with E-state index in [1.54, 1.807) is 14.1 Å². The highest BCUT2D eigenvalue weighted by atomic mass is 35.5. The van der Waals surface area contributed by atoms with Crippen molar-refractivity contribution in [2.45, 2.75) is 6.18 Å². The Labute approximate surface area is 147 Å². The van der Waals surface area contributed by atoms with E-state index < -0.39 is 17.6 Å². The highest BCUT2D eigenvalue weighted by Crippen LogP contribution is 2.29. The Morgan fingerprint density at radius 2 is 1.64 bits per heavy atom. The smallest absolute Gasteiger partial charge is 0.345 e. The summed E-state index contributed by atoms with van der Waals surface area (Å²) in [5.41, 5.74) is -0.166. The van der Waals surface area contributed by atoms with Gasteiger partial charge >= 0.3 is 6.18 Å². The molecule has 0 aliphatic rings. The molecule has 4 nitrogen and oxygen atoms in total. The molecule has 0 atom stereocenters. The molecule has 1 N–H and O–H groups in total. The summed E-state index contributed by atoms with van der Waals surface area (Å²) in [6.45, 7) is 0. The molecule has 0 saturated heterocycles. The van der Waals surface area contributed by atoms with Crippen molar-refractivity contribution in [3.05, 3.63) is 64.2 Å². The van der Waals surface area contributed by atoms with E-state index in [-0.39, 0.29) is 22.1 Å². The first-order chi connectivity index (χ1) is 11.6. The number of halogens is 4. The normalized spacial score (nSPS) is 11.1. The predicted molar refractivity (Wildman–Crippen MR) is 88.9 cm³/mol. The van der Waals surface area contributed by atoms with E-state index in [1.807, 2.05) is 0 Å². The zero-order valence-electron chi connectivity index (χ0n) is 13.3. The quantitative estimate of drug-likeness (QED) is 0.875. The fourth-order valence-electron chi connectivity index (χ4n) is 2.02. The number of carbonyl (C=O) groups excluding carboxylic acids is 2. The summed E-state index contributed by atoms with van der Waals surface area (Å²) in [6, 6.07) is 8.20. The van der Waals surface area contributed by atoms with Crippen molar-refractivity contribution in [2.24, 2.45) is 0 Å². The van der Waals surface area contributed by atoms with Crippen LogP contribution in [0.3, 0.4) is 0 Å². The average molecular weight is 371 g/mol. The van der Waals surface area contributed by atoms with E-state index >= 15 is 0 Å². The minimum atomic E-state index is -4.46. The Balaban J connectivity index is 2.15. The van der Waals surface area contributed by atoms with Gasteiger partial charge in [-0.3, -0.25) is 9.59 Å². The van der Waals surface area contributed by atoms with Crippen LogP contribution in [-0.2, 0) is 6.18 Å². The number of nitrogens with zero attached hydrogens (tertiary/aromatic N) is 1. The van der Waals surface area contributed by atoms with Crippen LogP contribution in [0.15, 0.2) is 42.5 Å². The zero-order chi connectivity index (χ0) is 18.8. The van der Waals surface area contributed by atoms with Crippen LogP contribution in [0, 0.1) is 0 Å². The summed E-state index contributed by atoms with van der Waals surface area (Å²) in [4.78, 5) is 25.4. The summed E-state index contributed by atoms with van der Waals surface area (Å²) in [5.74, 6) is -0.873. The number of nitrogens with one attached hydrogen (secondary N) is 1. The molecule has 2 aromatic carbocycles. The largest absolute Gasteiger partial charge is 0.416 e. The fourth-order valence-corrected chi connectivity index (χ4v) is 2.28. The van der Waals surface area contributed by atoms with E-state index in [0.717, 1.165) is 24.3 Å². The lowest BCUT2D eigenvalue weighted by molar-refractivity contribution is -0.137. The maximum atomic E-state index is 12.5. The van der Waals surface area contributed by atoms with Gasteiger partial charge in [0.25, 0.3) is 11.8 Å². The molecule has 0 saturated carbocycles. The SMILES string of the molecule is CN(C)C(=O)c1ccc(NC(=O)c2ccc(C(F)(F)F)cc2)cc1Cl. The van der Waals surface area contributed by atoms with E-state index in [1.165, 1.54) is 23.1 Å². The molecule has 0 aromatic heterocycles. The number of amides is 2. The fraction of sp³-hybridized carbons (Fsp3) is 0.176. The Kier molecular flexibility index (Phi) is 5.37. The molecule has 0 aliphatic heterocycles. The number of carbonyl (C=O) groups is 2. The van der Waals surface area contributed by atoms with Gasteiger partial charge in [0.15, 0.2) is 0 Å². The molecule has 2 aromatic rings. The van der Waals surface area contributed by atoms with Gasteiger partial charge in [-0.1, -0.05) is 11.6 Å². The van der Waals surface area contributed by atoms with Crippen molar-refractivity contribution < 1.29 is 22.8 Å². The van der Waals surface area contributed by atoms with Crippen molar-refractivity contribution in [3.63, 3.8) is 0 Å². The minimum Gasteiger partial charge on any atom is -0.345 e. The van der Waals surface area contributed by atoms with Gasteiger partial charge in [0, 0.05) is 25.3 Å². The van der Waals surface area contributed by atoms with Crippen LogP contribution in [0.25, 0.3) is 0 Å². The highest BCUT2D eigenvalue weighted by molar-refractivity contribution is 6.34. The van der Waals surface area contributed by atoms with Crippen molar-refractivity contribution in [1.29, 1.82) is 0 Å². The van der Waals surface area contributed by atoms with E-state index in [4.69, 9.17) is 11.6 Å². The molecular formula is C17H14ClF3N2O2. The van der Waals surface area contributed by atoms with Crippen LogP contribution < -0.4 is 5.32 Å². The van der Waals surface area contributed by atoms with Gasteiger partial charge in [-0.25, -0.2) is 0 Å². The van der Waals surface area contributed by atoms with Gasteiger partial charge in [-0.15, -0.1) is 0 Å². The molecular weight excluding hydrogens is 357 g/mol. The second-order valence-electron chi connectivity index (χ2n) is 5.42. The Hall–Kier alpha value is -2.54. The van der Waals surface area contributed by atoms with Crippen molar-refractivity contribution in [1.82, 2.24) is 4.90 Å². The van der Waals surface area contributed by atoms with Crippen molar-refractivity contribution >= 4 is 29.1 Å². The van der Waals surface area contributed by atoms with Crippen LogP contribution in [0.4, 0.5) is 18.9 Å². The molecule has 0 radical (unpaired) electrons. The summed E-state index contributed by atoms with van der Waals surface area (Å²) in [6.07, 6.45) is -4.46. The number of hydrogen-bond acceptors (Lipinski definition) is 2. The third kappa shape index (κ3) is 4.51. The average Bonchev–Trinajstić information content (AvgIpc) is 2.53. The number of benzene rings is 2. The minimum absolute atomic E-state index is 0.0672. The van der Waals surface area contributed by atoms with Crippen LogP contribution in [0.2, 0.25) is 5.02 Å². The van der Waals surface area contributed by atoms with Crippen molar-refractivity contribution in [2.75, 3.05) is 19.4 Å². The molecule has 0 spiro atoms. The maximum absolute atomic E-state index is 12.5. The summed E-state index contributed by atoms with van der Waals surface area (Å²) >= 11 is 6.04. The number of alkyl halides is 3. The third-order valence-corrected chi connectivity index (χ3v) is 3.65. The van der Waals surface area contributed by atoms with E-state index in [2.05, 4.69) is 5.32 Å². The van der Waals surface area contributed by atoms with E-state index in [9.17, 15) is 22.8 Å². The molecule has 2 amide bonds. The van der Waals surface area contributed by atoms with Gasteiger partial charge in [0.2, 0.25) is 0 Å². The summed E-state index contributed by atoms with van der Waals surface area (Å²) < 4.78 is 37.6. The first-order valence-electron chi connectivity index (χ1n) is 7.09. The predicted octanol–water partition coefficient (Wildman–Crippen LogP) is 4.31. The van der Waals surface area contributed by atoms with Crippen LogP contribution in [0.5, 0.6) is 0 Å². The first kappa shape index (κ1) is 18.8. The lowest BCUT2D eigenvalue weighted by Gasteiger charge is -2.13. The third-order valence-electron chi connectivity index (χ3n) is 3.34. The standard InChI is InChI=1S/C17H14ClF3N2O2/c1-23(2)16(25)13-8-7-12(9-14(13)18)22-15(24)10-3-5-11(6-4-10)17(19,20)21/h3-9H,1-2H3,(H,22,24). The zero-order valence-corrected chi connectivity index (χ0v) is 14.1. The topological polar surface area (TPSA) is 49.4 Å². The molecule has 132 valence electrons. The van der Waals surface area contributed by atoms with Gasteiger partial charge in [0.05, 0.1) is 16.1 Å².